The fourth-order valence-corrected chi connectivity index (χ4v) is 1.24. The molecule has 0 N–H and O–H groups in total. The number of carbonyl (C=O) groups is 1. The summed E-state index contributed by atoms with van der Waals surface area (Å²) in [5, 5.41) is -0.00931. The molecule has 0 aliphatic heterocycles. The van der Waals surface area contributed by atoms with Crippen LogP contribution < -0.4 is 0 Å². The predicted molar refractivity (Wildman–Crippen MR) is 46.6 cm³/mol. The lowest BCUT2D eigenvalue weighted by atomic mass is 10.2. The fraction of sp³-hybridized carbons (Fsp3) is 0.125. The van der Waals surface area contributed by atoms with Crippen LogP contribution in [0, 0.1) is 0 Å². The Morgan fingerprint density at radius 1 is 1.45 bits per heavy atom. The van der Waals surface area contributed by atoms with Crippen LogP contribution in [0.2, 0.25) is 0 Å². The van der Waals surface area contributed by atoms with Gasteiger partial charge in [-0.15, -0.1) is 0 Å². The van der Waals surface area contributed by atoms with Crippen molar-refractivity contribution >= 4 is 28.4 Å². The molecule has 0 atom stereocenters. The van der Waals surface area contributed by atoms with Crippen LogP contribution in [0.15, 0.2) is 34.9 Å². The second kappa shape index (κ2) is 3.74. The molecule has 0 saturated heterocycles. The first-order valence-corrected chi connectivity index (χ1v) is 3.89. The number of halogens is 2. The first-order valence-electron chi connectivity index (χ1n) is 3.13. The summed E-state index contributed by atoms with van der Waals surface area (Å²) in [5.74, 6) is 0. The van der Waals surface area contributed by atoms with E-state index in [1.165, 1.54) is 0 Å². The zero-order chi connectivity index (χ0) is 8.27. The van der Waals surface area contributed by atoms with Gasteiger partial charge in [0, 0.05) is 17.0 Å². The highest BCUT2D eigenvalue weighted by Crippen LogP contribution is 2.20. The topological polar surface area (TPSA) is 17.1 Å². The van der Waals surface area contributed by atoms with Crippen molar-refractivity contribution < 1.29 is 4.79 Å². The molecule has 0 aromatic carbocycles. The van der Waals surface area contributed by atoms with Gasteiger partial charge in [-0.3, -0.25) is 4.79 Å². The van der Waals surface area contributed by atoms with Crippen molar-refractivity contribution in [2.75, 3.05) is 0 Å². The van der Waals surface area contributed by atoms with Gasteiger partial charge in [-0.25, -0.2) is 0 Å². The minimum atomic E-state index is -0.505. The molecule has 11 heavy (non-hydrogen) atoms. The summed E-state index contributed by atoms with van der Waals surface area (Å²) in [5.41, 5.74) is 0.387. The number of hydrogen-bond acceptors (Lipinski definition) is 1. The van der Waals surface area contributed by atoms with Gasteiger partial charge in [0.05, 0.1) is 0 Å². The van der Waals surface area contributed by atoms with Crippen LogP contribution in [-0.2, 0) is 4.79 Å². The summed E-state index contributed by atoms with van der Waals surface area (Å²) in [7, 11) is 0. The first-order chi connectivity index (χ1) is 5.22. The van der Waals surface area contributed by atoms with Gasteiger partial charge in [-0.2, -0.15) is 0 Å². The molecule has 58 valence electrons. The molecule has 1 aliphatic carbocycles. The van der Waals surface area contributed by atoms with Crippen molar-refractivity contribution in [1.29, 1.82) is 0 Å². The van der Waals surface area contributed by atoms with Gasteiger partial charge in [0.15, 0.2) is 0 Å². The van der Waals surface area contributed by atoms with Crippen LogP contribution in [0.1, 0.15) is 6.42 Å². The third kappa shape index (κ3) is 2.21. The molecule has 0 unspecified atom stereocenters. The minimum Gasteiger partial charge on any atom is -0.276 e. The highest BCUT2D eigenvalue weighted by Gasteiger charge is 2.08. The van der Waals surface area contributed by atoms with Crippen molar-refractivity contribution in [3.63, 3.8) is 0 Å². The third-order valence-corrected chi connectivity index (χ3v) is 1.87. The second-order valence-electron chi connectivity index (χ2n) is 2.08. The van der Waals surface area contributed by atoms with Crippen molar-refractivity contribution in [3.05, 3.63) is 34.9 Å². The van der Waals surface area contributed by atoms with Gasteiger partial charge in [0.2, 0.25) is 0 Å². The maximum atomic E-state index is 10.7. The van der Waals surface area contributed by atoms with Crippen LogP contribution in [0.4, 0.5) is 0 Å². The van der Waals surface area contributed by atoms with Gasteiger partial charge in [-0.1, -0.05) is 29.8 Å². The van der Waals surface area contributed by atoms with E-state index >= 15 is 0 Å². The molecular formula is C8H6Cl2O. The maximum Gasteiger partial charge on any atom is 0.253 e. The molecule has 0 aromatic heterocycles. The number of rotatable bonds is 1. The Hall–Kier alpha value is -0.530. The molecule has 0 bridgehead atoms. The average molecular weight is 189 g/mol. The molecule has 1 nitrogen and oxygen atoms in total. The summed E-state index contributed by atoms with van der Waals surface area (Å²) in [6, 6.07) is 0. The molecule has 3 heteroatoms. The van der Waals surface area contributed by atoms with E-state index in [-0.39, 0.29) is 0 Å². The Balaban J connectivity index is 2.98. The Kier molecular flexibility index (Phi) is 2.92. The number of hydrogen-bond donors (Lipinski definition) is 0. The van der Waals surface area contributed by atoms with Crippen LogP contribution in [0.5, 0.6) is 0 Å². The Morgan fingerprint density at radius 3 is 2.82 bits per heavy atom. The van der Waals surface area contributed by atoms with E-state index < -0.39 is 5.24 Å². The second-order valence-corrected chi connectivity index (χ2v) is 2.88. The Labute approximate surface area is 75.0 Å². The summed E-state index contributed by atoms with van der Waals surface area (Å²) >= 11 is 11.0. The average Bonchev–Trinajstić information content (AvgIpc) is 2.13. The van der Waals surface area contributed by atoms with E-state index in [0.717, 1.165) is 0 Å². The number of allylic oxidation sites excluding steroid dienone is 6. The normalized spacial score (nSPS) is 16.9. The van der Waals surface area contributed by atoms with E-state index in [1.807, 2.05) is 12.2 Å². The number of carbonyl (C=O) groups excluding carboxylic acids is 1. The minimum absolute atomic E-state index is 0.387. The molecule has 0 spiro atoms. The highest BCUT2D eigenvalue weighted by atomic mass is 35.5. The largest absolute Gasteiger partial charge is 0.276 e. The van der Waals surface area contributed by atoms with Gasteiger partial charge >= 0.3 is 0 Å². The molecule has 0 fully saturated rings. The van der Waals surface area contributed by atoms with Crippen molar-refractivity contribution in [2.24, 2.45) is 0 Å². The Bertz CT molecular complexity index is 261. The van der Waals surface area contributed by atoms with Gasteiger partial charge in [0.1, 0.15) is 0 Å². The van der Waals surface area contributed by atoms with E-state index in [2.05, 4.69) is 0 Å². The van der Waals surface area contributed by atoms with E-state index in [0.29, 0.717) is 17.0 Å². The molecule has 0 radical (unpaired) electrons. The summed E-state index contributed by atoms with van der Waals surface area (Å²) < 4.78 is 0. The zero-order valence-corrected chi connectivity index (χ0v) is 7.19. The smallest absolute Gasteiger partial charge is 0.253 e. The van der Waals surface area contributed by atoms with Crippen molar-refractivity contribution in [1.82, 2.24) is 0 Å². The van der Waals surface area contributed by atoms with Crippen LogP contribution in [-0.4, -0.2) is 5.24 Å². The predicted octanol–water partition coefficient (Wildman–Crippen LogP) is 2.76. The van der Waals surface area contributed by atoms with Crippen LogP contribution >= 0.6 is 23.2 Å². The fourth-order valence-electron chi connectivity index (χ4n) is 0.774. The molecular weight excluding hydrogens is 183 g/mol. The van der Waals surface area contributed by atoms with Crippen molar-refractivity contribution in [2.45, 2.75) is 6.42 Å². The lowest BCUT2D eigenvalue weighted by Crippen LogP contribution is -1.91. The van der Waals surface area contributed by atoms with Crippen LogP contribution in [0.25, 0.3) is 0 Å². The molecule has 0 amide bonds. The zero-order valence-electron chi connectivity index (χ0n) is 5.68. The monoisotopic (exact) mass is 188 g/mol. The molecule has 1 aliphatic rings. The SMILES string of the molecule is O=C(Cl)C1=C(Cl)CC=CC=C1. The molecule has 0 heterocycles. The summed E-state index contributed by atoms with van der Waals surface area (Å²) in [6.07, 6.45) is 7.62. The molecule has 0 aromatic rings. The van der Waals surface area contributed by atoms with Gasteiger partial charge in [-0.05, 0) is 17.7 Å². The summed E-state index contributed by atoms with van der Waals surface area (Å²) in [6.45, 7) is 0. The first kappa shape index (κ1) is 8.57. The Morgan fingerprint density at radius 2 is 2.18 bits per heavy atom. The standard InChI is InChI=1S/C8H6Cl2O/c9-7-5-3-1-2-4-6(7)8(10)11/h1-4H,5H2. The third-order valence-electron chi connectivity index (χ3n) is 1.31. The van der Waals surface area contributed by atoms with Gasteiger partial charge < -0.3 is 0 Å². The van der Waals surface area contributed by atoms with Gasteiger partial charge in [0.25, 0.3) is 5.24 Å². The highest BCUT2D eigenvalue weighted by molar-refractivity contribution is 6.68. The lowest BCUT2D eigenvalue weighted by Gasteiger charge is -1.95. The summed E-state index contributed by atoms with van der Waals surface area (Å²) in [4.78, 5) is 10.7. The lowest BCUT2D eigenvalue weighted by molar-refractivity contribution is -0.108. The quantitative estimate of drug-likeness (QED) is 0.579. The molecule has 1 rings (SSSR count). The van der Waals surface area contributed by atoms with Crippen molar-refractivity contribution in [3.8, 4) is 0 Å². The maximum absolute atomic E-state index is 10.7. The van der Waals surface area contributed by atoms with E-state index in [1.54, 1.807) is 12.2 Å². The van der Waals surface area contributed by atoms with Crippen LogP contribution in [0.3, 0.4) is 0 Å². The van der Waals surface area contributed by atoms with E-state index in [4.69, 9.17) is 23.2 Å². The molecule has 0 saturated carbocycles. The van der Waals surface area contributed by atoms with E-state index in [9.17, 15) is 4.79 Å².